The number of hydrogen-bond donors (Lipinski definition) is 1. The lowest BCUT2D eigenvalue weighted by molar-refractivity contribution is 0.287. The fourth-order valence-corrected chi connectivity index (χ4v) is 3.81. The summed E-state index contributed by atoms with van der Waals surface area (Å²) in [5.41, 5.74) is 7.61. The number of nitrogens with two attached hydrogens (primary N) is 1. The number of nitrogen functional groups attached to an aromatic ring is 1. The van der Waals surface area contributed by atoms with Crippen molar-refractivity contribution in [2.24, 2.45) is 0 Å². The molecule has 6 heteroatoms. The fraction of sp³-hybridized carbons (Fsp3) is 0.500. The average molecular weight is 333 g/mol. The third-order valence-corrected chi connectivity index (χ3v) is 5.52. The van der Waals surface area contributed by atoms with Crippen molar-refractivity contribution in [1.29, 1.82) is 0 Å². The minimum Gasteiger partial charge on any atom is -0.398 e. The summed E-state index contributed by atoms with van der Waals surface area (Å²) in [5, 5.41) is 0. The molecule has 0 saturated carbocycles. The van der Waals surface area contributed by atoms with Crippen LogP contribution in [0.25, 0.3) is 0 Å². The Balaban J connectivity index is 2.03. The molecule has 0 bridgehead atoms. The van der Waals surface area contributed by atoms with E-state index in [2.05, 4.69) is 20.8 Å². The summed E-state index contributed by atoms with van der Waals surface area (Å²) in [4.78, 5) is 2.18. The van der Waals surface area contributed by atoms with Crippen LogP contribution in [-0.2, 0) is 16.4 Å². The Bertz CT molecular complexity index is 531. The van der Waals surface area contributed by atoms with Gasteiger partial charge in [0.15, 0.2) is 9.84 Å². The molecule has 0 spiro atoms. The van der Waals surface area contributed by atoms with E-state index in [1.807, 2.05) is 18.2 Å². The maximum atomic E-state index is 11.5. The Hall–Kier alpha value is -0.590. The van der Waals surface area contributed by atoms with Gasteiger partial charge in [-0.25, -0.2) is 8.42 Å². The topological polar surface area (TPSA) is 63.4 Å². The largest absolute Gasteiger partial charge is 0.398 e. The molecule has 1 aliphatic heterocycles. The first kappa shape index (κ1) is 13.8. The Morgan fingerprint density at radius 3 is 2.78 bits per heavy atom. The number of halogens is 1. The summed E-state index contributed by atoms with van der Waals surface area (Å²) < 4.78 is 23.9. The molecule has 1 fully saturated rings. The summed E-state index contributed by atoms with van der Waals surface area (Å²) in [6.45, 7) is 2.22. The van der Waals surface area contributed by atoms with Gasteiger partial charge in [0.25, 0.3) is 0 Å². The van der Waals surface area contributed by atoms with Crippen LogP contribution in [-0.4, -0.2) is 37.9 Å². The van der Waals surface area contributed by atoms with E-state index in [1.54, 1.807) is 0 Å². The van der Waals surface area contributed by atoms with E-state index in [4.69, 9.17) is 5.73 Å². The normalized spacial score (nSPS) is 20.5. The van der Waals surface area contributed by atoms with Crippen molar-refractivity contribution in [2.75, 3.05) is 30.3 Å². The van der Waals surface area contributed by atoms with Crippen molar-refractivity contribution >= 4 is 31.5 Å². The molecule has 2 N–H and O–H groups in total. The van der Waals surface area contributed by atoms with Gasteiger partial charge in [-0.2, -0.15) is 0 Å². The van der Waals surface area contributed by atoms with Crippen molar-refractivity contribution in [3.05, 3.63) is 28.2 Å². The Morgan fingerprint density at radius 2 is 2.06 bits per heavy atom. The van der Waals surface area contributed by atoms with Gasteiger partial charge < -0.3 is 5.73 Å². The molecule has 1 aromatic rings. The Labute approximate surface area is 116 Å². The third-order valence-electron chi connectivity index (χ3n) is 3.12. The van der Waals surface area contributed by atoms with Crippen molar-refractivity contribution < 1.29 is 8.42 Å². The second-order valence-electron chi connectivity index (χ2n) is 4.64. The van der Waals surface area contributed by atoms with Crippen molar-refractivity contribution in [1.82, 2.24) is 4.90 Å². The van der Waals surface area contributed by atoms with Crippen LogP contribution in [0.4, 0.5) is 5.69 Å². The molecule has 1 saturated heterocycles. The van der Waals surface area contributed by atoms with Crippen LogP contribution in [0.3, 0.4) is 0 Å². The van der Waals surface area contributed by atoms with E-state index in [1.165, 1.54) is 0 Å². The van der Waals surface area contributed by atoms with Gasteiger partial charge in [-0.1, -0.05) is 6.07 Å². The lowest BCUT2D eigenvalue weighted by Crippen LogP contribution is -2.26. The number of hydrogen-bond acceptors (Lipinski definition) is 4. The molecule has 1 aromatic carbocycles. The van der Waals surface area contributed by atoms with Crippen LogP contribution in [0.2, 0.25) is 0 Å². The summed E-state index contributed by atoms with van der Waals surface area (Å²) in [6.07, 6.45) is 0.721. The molecule has 0 aliphatic carbocycles. The standard InChI is InChI=1S/C12H17BrN2O2S/c13-11-8-10(2-3-12(11)14)9-15-4-1-6-18(16,17)7-5-15/h2-3,8H,1,4-7,9,14H2. The predicted molar refractivity (Wildman–Crippen MR) is 77.1 cm³/mol. The summed E-state index contributed by atoms with van der Waals surface area (Å²) >= 11 is 3.40. The predicted octanol–water partition coefficient (Wildman–Crippen LogP) is 1.65. The highest BCUT2D eigenvalue weighted by Gasteiger charge is 2.19. The second kappa shape index (κ2) is 5.59. The maximum absolute atomic E-state index is 11.5. The minimum absolute atomic E-state index is 0.267. The summed E-state index contributed by atoms with van der Waals surface area (Å²) in [7, 11) is -2.83. The Morgan fingerprint density at radius 1 is 1.28 bits per heavy atom. The third kappa shape index (κ3) is 3.70. The molecule has 2 rings (SSSR count). The summed E-state index contributed by atoms with van der Waals surface area (Å²) in [6, 6.07) is 5.85. The first-order valence-corrected chi connectivity index (χ1v) is 8.54. The van der Waals surface area contributed by atoms with Gasteiger partial charge in [0, 0.05) is 23.2 Å². The van der Waals surface area contributed by atoms with Crippen LogP contribution >= 0.6 is 15.9 Å². The second-order valence-corrected chi connectivity index (χ2v) is 7.80. The molecule has 100 valence electrons. The van der Waals surface area contributed by atoms with E-state index in [0.717, 1.165) is 35.2 Å². The zero-order valence-electron chi connectivity index (χ0n) is 10.1. The minimum atomic E-state index is -2.83. The first-order chi connectivity index (χ1) is 8.46. The van der Waals surface area contributed by atoms with Crippen LogP contribution in [0, 0.1) is 0 Å². The lowest BCUT2D eigenvalue weighted by Gasteiger charge is -2.19. The van der Waals surface area contributed by atoms with E-state index >= 15 is 0 Å². The molecule has 0 aromatic heterocycles. The molecule has 4 nitrogen and oxygen atoms in total. The molecular weight excluding hydrogens is 316 g/mol. The zero-order valence-corrected chi connectivity index (χ0v) is 12.5. The van der Waals surface area contributed by atoms with Crippen molar-refractivity contribution in [3.63, 3.8) is 0 Å². The van der Waals surface area contributed by atoms with Gasteiger partial charge in [0.2, 0.25) is 0 Å². The SMILES string of the molecule is Nc1ccc(CN2CCCS(=O)(=O)CC2)cc1Br. The van der Waals surface area contributed by atoms with Gasteiger partial charge in [-0.3, -0.25) is 4.90 Å². The highest BCUT2D eigenvalue weighted by atomic mass is 79.9. The van der Waals surface area contributed by atoms with Gasteiger partial charge in [0.05, 0.1) is 11.5 Å². The van der Waals surface area contributed by atoms with Gasteiger partial charge >= 0.3 is 0 Å². The molecule has 18 heavy (non-hydrogen) atoms. The smallest absolute Gasteiger partial charge is 0.151 e. The number of sulfone groups is 1. The highest BCUT2D eigenvalue weighted by Crippen LogP contribution is 2.21. The number of anilines is 1. The monoisotopic (exact) mass is 332 g/mol. The molecule has 0 radical (unpaired) electrons. The fourth-order valence-electron chi connectivity index (χ4n) is 2.08. The molecule has 1 aliphatic rings. The van der Waals surface area contributed by atoms with Crippen LogP contribution in [0.1, 0.15) is 12.0 Å². The quantitative estimate of drug-likeness (QED) is 0.836. The average Bonchev–Trinajstić information content (AvgIpc) is 2.46. The van der Waals surface area contributed by atoms with Gasteiger partial charge in [0.1, 0.15) is 0 Å². The summed E-state index contributed by atoms with van der Waals surface area (Å²) in [5.74, 6) is 0.581. The van der Waals surface area contributed by atoms with E-state index < -0.39 is 9.84 Å². The van der Waals surface area contributed by atoms with Crippen molar-refractivity contribution in [2.45, 2.75) is 13.0 Å². The molecule has 0 amide bonds. The maximum Gasteiger partial charge on any atom is 0.151 e. The Kier molecular flexibility index (Phi) is 4.29. The highest BCUT2D eigenvalue weighted by molar-refractivity contribution is 9.10. The molecule has 0 atom stereocenters. The molecular formula is C12H17BrN2O2S. The zero-order chi connectivity index (χ0) is 13.2. The molecule has 0 unspecified atom stereocenters. The molecule has 1 heterocycles. The number of benzene rings is 1. The van der Waals surface area contributed by atoms with E-state index in [9.17, 15) is 8.42 Å². The van der Waals surface area contributed by atoms with E-state index in [0.29, 0.717) is 12.3 Å². The number of nitrogens with zero attached hydrogens (tertiary/aromatic N) is 1. The first-order valence-electron chi connectivity index (χ1n) is 5.93. The van der Waals surface area contributed by atoms with E-state index in [-0.39, 0.29) is 5.75 Å². The van der Waals surface area contributed by atoms with Crippen molar-refractivity contribution in [3.8, 4) is 0 Å². The van der Waals surface area contributed by atoms with Crippen LogP contribution in [0.15, 0.2) is 22.7 Å². The van der Waals surface area contributed by atoms with Crippen LogP contribution in [0.5, 0.6) is 0 Å². The number of rotatable bonds is 2. The van der Waals surface area contributed by atoms with Gasteiger partial charge in [-0.15, -0.1) is 0 Å². The lowest BCUT2D eigenvalue weighted by atomic mass is 10.2. The van der Waals surface area contributed by atoms with Gasteiger partial charge in [-0.05, 0) is 46.6 Å². The van der Waals surface area contributed by atoms with Crippen LogP contribution < -0.4 is 5.73 Å².